The highest BCUT2D eigenvalue weighted by molar-refractivity contribution is 5.88. The fourth-order valence-corrected chi connectivity index (χ4v) is 2.67. The van der Waals surface area contributed by atoms with Crippen molar-refractivity contribution in [2.24, 2.45) is 0 Å². The molecule has 0 aromatic heterocycles. The van der Waals surface area contributed by atoms with Gasteiger partial charge in [-0.25, -0.2) is 9.18 Å². The van der Waals surface area contributed by atoms with Gasteiger partial charge in [0.2, 0.25) is 5.91 Å². The summed E-state index contributed by atoms with van der Waals surface area (Å²) in [7, 11) is 0. The van der Waals surface area contributed by atoms with Gasteiger partial charge >= 0.3 is 6.03 Å². The average Bonchev–Trinajstić information content (AvgIpc) is 2.64. The van der Waals surface area contributed by atoms with Gasteiger partial charge in [0, 0.05) is 30.6 Å². The van der Waals surface area contributed by atoms with Crippen LogP contribution in [0.25, 0.3) is 0 Å². The molecule has 0 aliphatic heterocycles. The van der Waals surface area contributed by atoms with Gasteiger partial charge in [-0.3, -0.25) is 4.79 Å². The Morgan fingerprint density at radius 3 is 2.54 bits per heavy atom. The summed E-state index contributed by atoms with van der Waals surface area (Å²) in [5.74, 6) is 0.146. The van der Waals surface area contributed by atoms with E-state index >= 15 is 0 Å². The highest BCUT2D eigenvalue weighted by atomic mass is 19.1. The van der Waals surface area contributed by atoms with E-state index in [0.717, 1.165) is 0 Å². The summed E-state index contributed by atoms with van der Waals surface area (Å²) < 4.78 is 19.5. The minimum Gasteiger partial charge on any atom is -0.492 e. The third-order valence-corrected chi connectivity index (χ3v) is 4.10. The van der Waals surface area contributed by atoms with Crippen LogP contribution in [0.2, 0.25) is 0 Å². The number of nitrogens with one attached hydrogen (secondary N) is 3. The molecular weight excluding hydrogens is 361 g/mol. The van der Waals surface area contributed by atoms with Crippen molar-refractivity contribution in [1.29, 1.82) is 0 Å². The van der Waals surface area contributed by atoms with Crippen LogP contribution in [-0.4, -0.2) is 31.6 Å². The third-order valence-electron chi connectivity index (χ3n) is 4.10. The molecule has 2 rings (SSSR count). The molecule has 0 saturated carbocycles. The first kappa shape index (κ1) is 21.2. The summed E-state index contributed by atoms with van der Waals surface area (Å²) in [5.41, 5.74) is 0.660. The average molecular weight is 387 g/mol. The number of carbonyl (C=O) groups is 2. The van der Waals surface area contributed by atoms with Crippen LogP contribution in [0, 0.1) is 5.82 Å². The lowest BCUT2D eigenvalue weighted by Gasteiger charge is -2.26. The fourth-order valence-electron chi connectivity index (χ4n) is 2.67. The molecule has 0 unspecified atom stereocenters. The Morgan fingerprint density at radius 1 is 1.07 bits per heavy atom. The number of hydrogen-bond acceptors (Lipinski definition) is 3. The summed E-state index contributed by atoms with van der Waals surface area (Å²) in [4.78, 5) is 23.0. The van der Waals surface area contributed by atoms with Crippen LogP contribution in [-0.2, 0) is 10.2 Å². The number of hydrogen-bond donors (Lipinski definition) is 3. The van der Waals surface area contributed by atoms with Gasteiger partial charge in [0.25, 0.3) is 0 Å². The molecule has 0 spiro atoms. The summed E-state index contributed by atoms with van der Waals surface area (Å²) in [6.45, 7) is 6.04. The summed E-state index contributed by atoms with van der Waals surface area (Å²) >= 11 is 0. The normalized spacial score (nSPS) is 10.9. The molecule has 0 bridgehead atoms. The second kappa shape index (κ2) is 9.73. The molecular formula is C21H26FN3O3. The third kappa shape index (κ3) is 6.57. The lowest BCUT2D eigenvalue weighted by Crippen LogP contribution is -2.43. The zero-order chi connectivity index (χ0) is 20.6. The standard InChI is InChI=1S/C21H26FN3O3/c1-15(26)25-16-7-6-8-17(13-16)28-12-11-23-20(27)24-14-21(2,3)18-9-4-5-10-19(18)22/h4-10,13H,11-12,14H2,1-3H3,(H,25,26)(H2,23,24,27). The molecule has 3 N–H and O–H groups in total. The van der Waals surface area contributed by atoms with Crippen LogP contribution < -0.4 is 20.7 Å². The molecule has 2 aromatic carbocycles. The van der Waals surface area contributed by atoms with E-state index in [1.54, 1.807) is 42.5 Å². The summed E-state index contributed by atoms with van der Waals surface area (Å²) in [6, 6.07) is 13.2. The number of ether oxygens (including phenoxy) is 1. The molecule has 3 amide bonds. The van der Waals surface area contributed by atoms with Crippen LogP contribution in [0.5, 0.6) is 5.75 Å². The van der Waals surface area contributed by atoms with E-state index in [9.17, 15) is 14.0 Å². The van der Waals surface area contributed by atoms with Crippen molar-refractivity contribution in [1.82, 2.24) is 10.6 Å². The van der Waals surface area contributed by atoms with Crippen LogP contribution >= 0.6 is 0 Å². The second-order valence-corrected chi connectivity index (χ2v) is 7.03. The minimum absolute atomic E-state index is 0.159. The van der Waals surface area contributed by atoms with Crippen molar-refractivity contribution in [2.45, 2.75) is 26.2 Å². The van der Waals surface area contributed by atoms with E-state index < -0.39 is 5.41 Å². The zero-order valence-electron chi connectivity index (χ0n) is 16.3. The molecule has 0 saturated heterocycles. The van der Waals surface area contributed by atoms with Crippen molar-refractivity contribution >= 4 is 17.6 Å². The molecule has 6 nitrogen and oxygen atoms in total. The smallest absolute Gasteiger partial charge is 0.314 e. The van der Waals surface area contributed by atoms with Gasteiger partial charge in [0.15, 0.2) is 0 Å². The van der Waals surface area contributed by atoms with Crippen molar-refractivity contribution in [3.63, 3.8) is 0 Å². The van der Waals surface area contributed by atoms with E-state index in [1.807, 2.05) is 13.8 Å². The quantitative estimate of drug-likeness (QED) is 0.607. The minimum atomic E-state index is -0.538. The topological polar surface area (TPSA) is 79.5 Å². The van der Waals surface area contributed by atoms with E-state index in [-0.39, 0.29) is 24.4 Å². The van der Waals surface area contributed by atoms with Gasteiger partial charge in [0.05, 0.1) is 6.54 Å². The Hall–Kier alpha value is -3.09. The largest absolute Gasteiger partial charge is 0.492 e. The van der Waals surface area contributed by atoms with Crippen molar-refractivity contribution in [3.05, 3.63) is 59.9 Å². The zero-order valence-corrected chi connectivity index (χ0v) is 16.3. The van der Waals surface area contributed by atoms with Crippen LogP contribution in [0.1, 0.15) is 26.3 Å². The Bertz CT molecular complexity index is 824. The molecule has 0 atom stereocenters. The molecule has 0 radical (unpaired) electrons. The second-order valence-electron chi connectivity index (χ2n) is 7.03. The van der Waals surface area contributed by atoms with E-state index in [4.69, 9.17) is 4.74 Å². The maximum Gasteiger partial charge on any atom is 0.314 e. The van der Waals surface area contributed by atoms with Crippen molar-refractivity contribution in [2.75, 3.05) is 25.0 Å². The molecule has 150 valence electrons. The molecule has 7 heteroatoms. The number of carbonyl (C=O) groups excluding carboxylic acids is 2. The lowest BCUT2D eigenvalue weighted by molar-refractivity contribution is -0.114. The molecule has 2 aromatic rings. The van der Waals surface area contributed by atoms with Gasteiger partial charge < -0.3 is 20.7 Å². The molecule has 0 heterocycles. The highest BCUT2D eigenvalue weighted by Gasteiger charge is 2.24. The Balaban J connectivity index is 1.73. The molecule has 0 aliphatic carbocycles. The van der Waals surface area contributed by atoms with Gasteiger partial charge in [-0.2, -0.15) is 0 Å². The Kier molecular flexibility index (Phi) is 7.37. The first-order valence-electron chi connectivity index (χ1n) is 9.05. The maximum atomic E-state index is 13.9. The number of anilines is 1. The van der Waals surface area contributed by atoms with E-state index in [2.05, 4.69) is 16.0 Å². The van der Waals surface area contributed by atoms with E-state index in [0.29, 0.717) is 30.1 Å². The van der Waals surface area contributed by atoms with Gasteiger partial charge in [-0.15, -0.1) is 0 Å². The predicted molar refractivity (Wildman–Crippen MR) is 107 cm³/mol. The number of halogens is 1. The number of urea groups is 1. The Labute approximate surface area is 164 Å². The molecule has 0 fully saturated rings. The van der Waals surface area contributed by atoms with Gasteiger partial charge in [-0.05, 0) is 23.8 Å². The fraction of sp³-hybridized carbons (Fsp3) is 0.333. The SMILES string of the molecule is CC(=O)Nc1cccc(OCCNC(=O)NCC(C)(C)c2ccccc2F)c1. The van der Waals surface area contributed by atoms with Crippen LogP contribution in [0.3, 0.4) is 0 Å². The van der Waals surface area contributed by atoms with Gasteiger partial charge in [0.1, 0.15) is 18.2 Å². The number of amides is 3. The number of rotatable bonds is 8. The predicted octanol–water partition coefficient (Wildman–Crippen LogP) is 3.44. The molecule has 28 heavy (non-hydrogen) atoms. The maximum absolute atomic E-state index is 13.9. The number of benzene rings is 2. The monoisotopic (exact) mass is 387 g/mol. The summed E-state index contributed by atoms with van der Waals surface area (Å²) in [6.07, 6.45) is 0. The van der Waals surface area contributed by atoms with Crippen LogP contribution in [0.4, 0.5) is 14.9 Å². The van der Waals surface area contributed by atoms with Crippen molar-refractivity contribution in [3.8, 4) is 5.75 Å². The Morgan fingerprint density at radius 2 is 1.82 bits per heavy atom. The first-order valence-corrected chi connectivity index (χ1v) is 9.05. The molecule has 0 aliphatic rings. The summed E-state index contributed by atoms with van der Waals surface area (Å²) in [5, 5.41) is 8.13. The van der Waals surface area contributed by atoms with E-state index in [1.165, 1.54) is 13.0 Å². The van der Waals surface area contributed by atoms with Crippen LogP contribution in [0.15, 0.2) is 48.5 Å². The van der Waals surface area contributed by atoms with Gasteiger partial charge in [-0.1, -0.05) is 38.1 Å². The van der Waals surface area contributed by atoms with Crippen molar-refractivity contribution < 1.29 is 18.7 Å². The lowest BCUT2D eigenvalue weighted by atomic mass is 9.84. The highest BCUT2D eigenvalue weighted by Crippen LogP contribution is 2.24. The first-order chi connectivity index (χ1) is 13.3.